The van der Waals surface area contributed by atoms with Crippen LogP contribution in [0.3, 0.4) is 0 Å². The molecule has 2 aromatic carbocycles. The van der Waals surface area contributed by atoms with Gasteiger partial charge < -0.3 is 10.3 Å². The molecule has 3 heterocycles. The summed E-state index contributed by atoms with van der Waals surface area (Å²) in [5.74, 6) is -0.881. The van der Waals surface area contributed by atoms with E-state index in [2.05, 4.69) is 40.0 Å². The molecule has 3 N–H and O–H groups in total. The molecule has 1 aromatic heterocycles. The van der Waals surface area contributed by atoms with Gasteiger partial charge in [-0.05, 0) is 42.6 Å². The van der Waals surface area contributed by atoms with Crippen molar-refractivity contribution in [1.29, 1.82) is 0 Å². The fraction of sp³-hybridized carbons (Fsp3) is 0.250. The molecule has 0 spiro atoms. The van der Waals surface area contributed by atoms with E-state index in [1.165, 1.54) is 24.1 Å². The fourth-order valence-corrected chi connectivity index (χ4v) is 4.02. The van der Waals surface area contributed by atoms with Gasteiger partial charge in [0.15, 0.2) is 0 Å². The molecule has 5 nitrogen and oxygen atoms in total. The summed E-state index contributed by atoms with van der Waals surface area (Å²) in [5, 5.41) is 4.22. The Labute approximate surface area is 149 Å². The number of rotatable bonds is 2. The number of benzene rings is 2. The van der Waals surface area contributed by atoms with Crippen molar-refractivity contribution < 1.29 is 14.0 Å². The molecule has 26 heavy (non-hydrogen) atoms. The molecule has 2 aliphatic rings. The highest BCUT2D eigenvalue weighted by Crippen LogP contribution is 2.35. The van der Waals surface area contributed by atoms with Crippen LogP contribution in [0.25, 0.3) is 22.2 Å². The monoisotopic (exact) mass is 351 g/mol. The zero-order valence-electron chi connectivity index (χ0n) is 14.1. The number of amides is 1. The first-order chi connectivity index (χ1) is 12.7. The van der Waals surface area contributed by atoms with Gasteiger partial charge >= 0.3 is 0 Å². The van der Waals surface area contributed by atoms with E-state index in [0.29, 0.717) is 17.1 Å². The van der Waals surface area contributed by atoms with Gasteiger partial charge in [0.25, 0.3) is 5.91 Å². The minimum Gasteiger partial charge on any atom is -0.354 e. The highest BCUT2D eigenvalue weighted by atomic mass is 19.1. The largest absolute Gasteiger partial charge is 0.354 e. The number of carbonyl (C=O) groups excluding carboxylic acids is 1. The van der Waals surface area contributed by atoms with E-state index < -0.39 is 11.7 Å². The molecule has 1 atom stereocenters. The van der Waals surface area contributed by atoms with Gasteiger partial charge in [0.05, 0.1) is 11.3 Å². The van der Waals surface area contributed by atoms with Gasteiger partial charge in [-0.25, -0.2) is 9.87 Å². The van der Waals surface area contributed by atoms with Crippen LogP contribution in [0.15, 0.2) is 36.4 Å². The number of nitrogens with one attached hydrogen (secondary N) is 3. The van der Waals surface area contributed by atoms with Gasteiger partial charge in [0, 0.05) is 22.5 Å². The van der Waals surface area contributed by atoms with Gasteiger partial charge in [-0.3, -0.25) is 9.63 Å². The maximum Gasteiger partial charge on any atom is 0.275 e. The van der Waals surface area contributed by atoms with Crippen molar-refractivity contribution in [3.8, 4) is 11.3 Å². The van der Waals surface area contributed by atoms with E-state index in [-0.39, 0.29) is 6.61 Å². The topological polar surface area (TPSA) is 66.2 Å². The van der Waals surface area contributed by atoms with Crippen LogP contribution in [0.1, 0.15) is 40.4 Å². The Morgan fingerprint density at radius 3 is 2.77 bits per heavy atom. The van der Waals surface area contributed by atoms with Crippen molar-refractivity contribution in [2.75, 3.05) is 6.54 Å². The third kappa shape index (κ3) is 2.41. The second kappa shape index (κ2) is 5.93. The Morgan fingerprint density at radius 1 is 1.15 bits per heavy atom. The number of carbonyl (C=O) groups is 1. The molecular weight excluding hydrogens is 333 g/mol. The number of hydrogen-bond donors (Lipinski definition) is 3. The predicted octanol–water partition coefficient (Wildman–Crippen LogP) is 3.57. The lowest BCUT2D eigenvalue weighted by atomic mass is 9.99. The predicted molar refractivity (Wildman–Crippen MR) is 95.9 cm³/mol. The number of halogens is 1. The van der Waals surface area contributed by atoms with E-state index in [1.807, 2.05) is 0 Å². The van der Waals surface area contributed by atoms with Crippen LogP contribution in [0.5, 0.6) is 0 Å². The summed E-state index contributed by atoms with van der Waals surface area (Å²) >= 11 is 0. The highest BCUT2D eigenvalue weighted by Gasteiger charge is 2.24. The summed E-state index contributed by atoms with van der Waals surface area (Å²) in [6.07, 6.45) is 2.35. The third-order valence-electron chi connectivity index (χ3n) is 5.25. The zero-order chi connectivity index (χ0) is 17.7. The second-order valence-corrected chi connectivity index (χ2v) is 6.85. The Balaban J connectivity index is 1.64. The molecule has 132 valence electrons. The smallest absolute Gasteiger partial charge is 0.275 e. The van der Waals surface area contributed by atoms with Crippen molar-refractivity contribution in [2.45, 2.75) is 25.5 Å². The summed E-state index contributed by atoms with van der Waals surface area (Å²) < 4.78 is 13.9. The minimum absolute atomic E-state index is 0.228. The minimum atomic E-state index is -0.452. The van der Waals surface area contributed by atoms with Crippen molar-refractivity contribution in [3.63, 3.8) is 0 Å². The van der Waals surface area contributed by atoms with E-state index in [9.17, 15) is 9.18 Å². The van der Waals surface area contributed by atoms with Crippen LogP contribution in [-0.4, -0.2) is 17.4 Å². The molecule has 6 heteroatoms. The Bertz CT molecular complexity index is 1000. The van der Waals surface area contributed by atoms with Crippen molar-refractivity contribution in [2.24, 2.45) is 0 Å². The molecule has 1 fully saturated rings. The van der Waals surface area contributed by atoms with Crippen LogP contribution < -0.4 is 10.8 Å². The van der Waals surface area contributed by atoms with E-state index >= 15 is 0 Å². The highest BCUT2D eigenvalue weighted by molar-refractivity contribution is 6.09. The number of H-pyrrole nitrogens is 1. The number of hydrogen-bond acceptors (Lipinski definition) is 3. The number of aromatic nitrogens is 1. The average Bonchev–Trinajstić information content (AvgIpc) is 3.26. The Hall–Kier alpha value is -2.70. The second-order valence-electron chi connectivity index (χ2n) is 6.85. The standard InChI is InChI=1S/C20H18FN3O2/c21-13-8-14-18-15(10-26-24-20(14)25)19(23-17(18)9-13)12-5-3-11(4-6-12)16-2-1-7-22-16/h3-6,8-9,16,22-23H,1-2,7,10H2,(H,24,25). The van der Waals surface area contributed by atoms with Crippen LogP contribution >= 0.6 is 0 Å². The molecule has 3 aromatic rings. The summed E-state index contributed by atoms with van der Waals surface area (Å²) in [6, 6.07) is 11.5. The maximum absolute atomic E-state index is 13.9. The SMILES string of the molecule is O=C1NOCc2c(-c3ccc(C4CCCN4)cc3)[nH]c3cc(F)cc1c23. The van der Waals surface area contributed by atoms with Crippen molar-refractivity contribution in [3.05, 3.63) is 58.9 Å². The van der Waals surface area contributed by atoms with Crippen molar-refractivity contribution >= 4 is 16.8 Å². The molecule has 2 aliphatic heterocycles. The van der Waals surface area contributed by atoms with Crippen LogP contribution in [0.4, 0.5) is 4.39 Å². The van der Waals surface area contributed by atoms with Gasteiger partial charge in [0.2, 0.25) is 0 Å². The van der Waals surface area contributed by atoms with Crippen LogP contribution in [0.2, 0.25) is 0 Å². The molecule has 0 aliphatic carbocycles. The molecule has 1 amide bonds. The zero-order valence-corrected chi connectivity index (χ0v) is 14.1. The molecule has 1 unspecified atom stereocenters. The number of aromatic amines is 1. The quantitative estimate of drug-likeness (QED) is 0.661. The van der Waals surface area contributed by atoms with Crippen molar-refractivity contribution in [1.82, 2.24) is 15.8 Å². The molecular formula is C20H18FN3O2. The average molecular weight is 351 g/mol. The first-order valence-corrected chi connectivity index (χ1v) is 8.80. The molecule has 0 saturated carbocycles. The summed E-state index contributed by atoms with van der Waals surface area (Å²) in [5.41, 5.74) is 7.24. The lowest BCUT2D eigenvalue weighted by Crippen LogP contribution is -2.21. The first kappa shape index (κ1) is 15.5. The Kier molecular flexibility index (Phi) is 3.55. The molecule has 0 radical (unpaired) electrons. The van der Waals surface area contributed by atoms with Gasteiger partial charge in [-0.2, -0.15) is 0 Å². The van der Waals surface area contributed by atoms with E-state index in [4.69, 9.17) is 4.84 Å². The first-order valence-electron chi connectivity index (χ1n) is 8.80. The normalized spacial score (nSPS) is 19.6. The molecule has 0 bridgehead atoms. The van der Waals surface area contributed by atoms with Crippen LogP contribution in [-0.2, 0) is 11.4 Å². The van der Waals surface area contributed by atoms with Crippen LogP contribution in [0, 0.1) is 5.82 Å². The van der Waals surface area contributed by atoms with E-state index in [1.54, 1.807) is 0 Å². The Morgan fingerprint density at radius 2 is 2.00 bits per heavy atom. The maximum atomic E-state index is 13.9. The van der Waals surface area contributed by atoms with Gasteiger partial charge in [-0.15, -0.1) is 0 Å². The fourth-order valence-electron chi connectivity index (χ4n) is 4.02. The summed E-state index contributed by atoms with van der Waals surface area (Å²) in [6.45, 7) is 1.29. The number of hydroxylamine groups is 1. The summed E-state index contributed by atoms with van der Waals surface area (Å²) in [7, 11) is 0. The third-order valence-corrected chi connectivity index (χ3v) is 5.25. The lowest BCUT2D eigenvalue weighted by Gasteiger charge is -2.11. The molecule has 1 saturated heterocycles. The summed E-state index contributed by atoms with van der Waals surface area (Å²) in [4.78, 5) is 20.7. The lowest BCUT2D eigenvalue weighted by molar-refractivity contribution is 0.0255. The molecule has 5 rings (SSSR count). The van der Waals surface area contributed by atoms with Gasteiger partial charge in [0.1, 0.15) is 12.4 Å². The van der Waals surface area contributed by atoms with E-state index in [0.717, 1.165) is 35.2 Å². The van der Waals surface area contributed by atoms with Gasteiger partial charge in [-0.1, -0.05) is 24.3 Å².